The fourth-order valence-electron chi connectivity index (χ4n) is 2.04. The first-order chi connectivity index (χ1) is 11.2. The molecule has 0 aliphatic carbocycles. The zero-order chi connectivity index (χ0) is 18.2. The van der Waals surface area contributed by atoms with Crippen LogP contribution in [-0.4, -0.2) is 52.4 Å². The highest BCUT2D eigenvalue weighted by molar-refractivity contribution is 14.0. The van der Waals surface area contributed by atoms with E-state index in [4.69, 9.17) is 0 Å². The van der Waals surface area contributed by atoms with Gasteiger partial charge in [0.25, 0.3) is 5.91 Å². The van der Waals surface area contributed by atoms with E-state index in [2.05, 4.69) is 20.9 Å². The van der Waals surface area contributed by atoms with Gasteiger partial charge in [-0.05, 0) is 31.0 Å². The molecule has 0 spiro atoms. The molecule has 0 fully saturated rings. The summed E-state index contributed by atoms with van der Waals surface area (Å²) < 4.78 is 22.4. The maximum Gasteiger partial charge on any atom is 0.251 e. The van der Waals surface area contributed by atoms with Crippen LogP contribution in [-0.2, 0) is 16.4 Å². The summed E-state index contributed by atoms with van der Waals surface area (Å²) in [4.78, 5) is 15.8. The molecule has 1 unspecified atom stereocenters. The van der Waals surface area contributed by atoms with Crippen molar-refractivity contribution in [1.82, 2.24) is 16.0 Å². The van der Waals surface area contributed by atoms with Gasteiger partial charge in [-0.15, -0.1) is 24.0 Å². The van der Waals surface area contributed by atoms with Gasteiger partial charge in [0.1, 0.15) is 9.84 Å². The maximum absolute atomic E-state index is 11.6. The smallest absolute Gasteiger partial charge is 0.251 e. The molecule has 7 nitrogen and oxygen atoms in total. The summed E-state index contributed by atoms with van der Waals surface area (Å²) in [5, 5.41) is 8.90. The number of carbonyl (C=O) groups is 1. The Morgan fingerprint density at radius 3 is 2.56 bits per heavy atom. The summed E-state index contributed by atoms with van der Waals surface area (Å²) in [7, 11) is 0.276. The van der Waals surface area contributed by atoms with Crippen LogP contribution in [0.2, 0.25) is 0 Å². The van der Waals surface area contributed by atoms with Crippen LogP contribution in [0.1, 0.15) is 29.3 Å². The lowest BCUT2D eigenvalue weighted by Gasteiger charge is -2.17. The number of aliphatic imine (C=N–C) groups is 1. The Balaban J connectivity index is 0.00000576. The van der Waals surface area contributed by atoms with E-state index < -0.39 is 9.84 Å². The number of nitrogens with one attached hydrogen (secondary N) is 3. The van der Waals surface area contributed by atoms with Gasteiger partial charge in [0, 0.05) is 38.5 Å². The first-order valence-corrected chi connectivity index (χ1v) is 9.77. The SMILES string of the molecule is CN=C(NCc1cccc(C(=O)NC)c1)NC(C)CCS(C)(=O)=O.I. The van der Waals surface area contributed by atoms with Gasteiger partial charge < -0.3 is 16.0 Å². The van der Waals surface area contributed by atoms with Crippen LogP contribution in [0.4, 0.5) is 0 Å². The Bertz CT molecular complexity index is 692. The predicted molar refractivity (Wildman–Crippen MR) is 112 cm³/mol. The number of amides is 1. The summed E-state index contributed by atoms with van der Waals surface area (Å²) in [6, 6.07) is 7.28. The van der Waals surface area contributed by atoms with Crippen LogP contribution >= 0.6 is 24.0 Å². The summed E-state index contributed by atoms with van der Waals surface area (Å²) in [5.74, 6) is 0.585. The third kappa shape index (κ3) is 9.63. The fourth-order valence-corrected chi connectivity index (χ4v) is 2.83. The van der Waals surface area contributed by atoms with Crippen LogP contribution in [0.25, 0.3) is 0 Å². The fraction of sp³-hybridized carbons (Fsp3) is 0.500. The second kappa shape index (κ2) is 11.3. The Kier molecular flexibility index (Phi) is 10.7. The predicted octanol–water partition coefficient (Wildman–Crippen LogP) is 1.15. The van der Waals surface area contributed by atoms with Crippen LogP contribution in [0.3, 0.4) is 0 Å². The van der Waals surface area contributed by atoms with Gasteiger partial charge in [-0.1, -0.05) is 12.1 Å². The molecule has 0 aliphatic rings. The lowest BCUT2D eigenvalue weighted by atomic mass is 10.1. The lowest BCUT2D eigenvalue weighted by Crippen LogP contribution is -2.42. The molecule has 0 bridgehead atoms. The van der Waals surface area contributed by atoms with Gasteiger partial charge in [-0.2, -0.15) is 0 Å². The first kappa shape index (κ1) is 23.6. The van der Waals surface area contributed by atoms with Gasteiger partial charge in [-0.25, -0.2) is 8.42 Å². The average molecular weight is 482 g/mol. The van der Waals surface area contributed by atoms with E-state index >= 15 is 0 Å². The number of benzene rings is 1. The molecule has 1 aromatic carbocycles. The molecular weight excluding hydrogens is 455 g/mol. The topological polar surface area (TPSA) is 99.7 Å². The van der Waals surface area contributed by atoms with Gasteiger partial charge in [-0.3, -0.25) is 9.79 Å². The minimum absolute atomic E-state index is 0. The molecule has 1 atom stereocenters. The maximum atomic E-state index is 11.6. The number of nitrogens with zero attached hydrogens (tertiary/aromatic N) is 1. The van der Waals surface area contributed by atoms with Crippen LogP contribution in [0, 0.1) is 0 Å². The first-order valence-electron chi connectivity index (χ1n) is 7.71. The van der Waals surface area contributed by atoms with Crippen molar-refractivity contribution >= 4 is 45.7 Å². The monoisotopic (exact) mass is 482 g/mol. The highest BCUT2D eigenvalue weighted by Gasteiger charge is 2.10. The molecule has 1 aromatic rings. The lowest BCUT2D eigenvalue weighted by molar-refractivity contribution is 0.0963. The quantitative estimate of drug-likeness (QED) is 0.308. The van der Waals surface area contributed by atoms with E-state index in [0.29, 0.717) is 24.5 Å². The van der Waals surface area contributed by atoms with Crippen molar-refractivity contribution in [3.05, 3.63) is 35.4 Å². The van der Waals surface area contributed by atoms with E-state index in [1.165, 1.54) is 6.26 Å². The summed E-state index contributed by atoms with van der Waals surface area (Å²) in [5.41, 5.74) is 1.55. The van der Waals surface area contributed by atoms with E-state index in [9.17, 15) is 13.2 Å². The van der Waals surface area contributed by atoms with Crippen molar-refractivity contribution in [2.24, 2.45) is 4.99 Å². The second-order valence-corrected chi connectivity index (χ2v) is 7.93. The number of hydrogen-bond acceptors (Lipinski definition) is 4. The molecule has 1 amide bonds. The van der Waals surface area contributed by atoms with Crippen LogP contribution in [0.15, 0.2) is 29.3 Å². The number of carbonyl (C=O) groups excluding carboxylic acids is 1. The van der Waals surface area contributed by atoms with E-state index in [1.54, 1.807) is 20.2 Å². The second-order valence-electron chi connectivity index (χ2n) is 5.67. The third-order valence-electron chi connectivity index (χ3n) is 3.40. The van der Waals surface area contributed by atoms with Crippen molar-refractivity contribution in [3.8, 4) is 0 Å². The molecule has 0 heterocycles. The molecule has 9 heteroatoms. The minimum atomic E-state index is -2.97. The number of guanidine groups is 1. The van der Waals surface area contributed by atoms with Gasteiger partial charge in [0.05, 0.1) is 5.75 Å². The molecule has 0 aromatic heterocycles. The molecule has 0 radical (unpaired) electrons. The van der Waals surface area contributed by atoms with Crippen molar-refractivity contribution < 1.29 is 13.2 Å². The van der Waals surface area contributed by atoms with E-state index in [1.807, 2.05) is 25.1 Å². The molecular formula is C16H27IN4O3S. The minimum Gasteiger partial charge on any atom is -0.355 e. The third-order valence-corrected chi connectivity index (χ3v) is 4.38. The van der Waals surface area contributed by atoms with Crippen LogP contribution in [0.5, 0.6) is 0 Å². The number of hydrogen-bond donors (Lipinski definition) is 3. The van der Waals surface area contributed by atoms with Gasteiger partial charge >= 0.3 is 0 Å². The van der Waals surface area contributed by atoms with E-state index in [0.717, 1.165) is 5.56 Å². The zero-order valence-corrected chi connectivity index (χ0v) is 18.1. The normalized spacial score (nSPS) is 12.7. The molecule has 0 aliphatic heterocycles. The Morgan fingerprint density at radius 1 is 1.32 bits per heavy atom. The Labute approximate surface area is 167 Å². The van der Waals surface area contributed by atoms with Crippen molar-refractivity contribution in [2.45, 2.75) is 25.9 Å². The van der Waals surface area contributed by atoms with Crippen molar-refractivity contribution in [1.29, 1.82) is 0 Å². The van der Waals surface area contributed by atoms with Crippen molar-refractivity contribution in [2.75, 3.05) is 26.1 Å². The summed E-state index contributed by atoms with van der Waals surface area (Å²) in [6.07, 6.45) is 1.73. The Morgan fingerprint density at radius 2 is 2.00 bits per heavy atom. The molecule has 3 N–H and O–H groups in total. The van der Waals surface area contributed by atoms with Gasteiger partial charge in [0.2, 0.25) is 0 Å². The van der Waals surface area contributed by atoms with Crippen LogP contribution < -0.4 is 16.0 Å². The molecule has 142 valence electrons. The molecule has 1 rings (SSSR count). The highest BCUT2D eigenvalue weighted by atomic mass is 127. The molecule has 0 saturated heterocycles. The van der Waals surface area contributed by atoms with E-state index in [-0.39, 0.29) is 41.7 Å². The standard InChI is InChI=1S/C16H26N4O3S.HI/c1-12(8-9-24(4,22)23)20-16(18-3)19-11-13-6-5-7-14(10-13)15(21)17-2;/h5-7,10,12H,8-9,11H2,1-4H3,(H,17,21)(H2,18,19,20);1H. The summed E-state index contributed by atoms with van der Waals surface area (Å²) in [6.45, 7) is 2.41. The Hall–Kier alpha value is -1.36. The highest BCUT2D eigenvalue weighted by Crippen LogP contribution is 2.05. The number of halogens is 1. The zero-order valence-electron chi connectivity index (χ0n) is 15.0. The van der Waals surface area contributed by atoms with Crippen molar-refractivity contribution in [3.63, 3.8) is 0 Å². The molecule has 0 saturated carbocycles. The molecule has 25 heavy (non-hydrogen) atoms. The average Bonchev–Trinajstić information content (AvgIpc) is 2.55. The summed E-state index contributed by atoms with van der Waals surface area (Å²) >= 11 is 0. The largest absolute Gasteiger partial charge is 0.355 e. The number of rotatable bonds is 7. The van der Waals surface area contributed by atoms with Gasteiger partial charge in [0.15, 0.2) is 5.96 Å². The number of sulfone groups is 1.